The second-order valence-corrected chi connectivity index (χ2v) is 6.35. The zero-order valence-corrected chi connectivity index (χ0v) is 11.9. The second kappa shape index (κ2) is 3.88. The van der Waals surface area contributed by atoms with Crippen LogP contribution in [0.5, 0.6) is 0 Å². The first kappa shape index (κ1) is 12.7. The molecule has 1 unspecified atom stereocenters. The van der Waals surface area contributed by atoms with Crippen molar-refractivity contribution >= 4 is 0 Å². The Morgan fingerprint density at radius 2 is 1.82 bits per heavy atom. The highest BCUT2D eigenvalue weighted by Crippen LogP contribution is 2.72. The van der Waals surface area contributed by atoms with E-state index < -0.39 is 0 Å². The molecule has 1 aliphatic carbocycles. The maximum absolute atomic E-state index is 5.91. The fourth-order valence-corrected chi connectivity index (χ4v) is 3.31. The summed E-state index contributed by atoms with van der Waals surface area (Å²) in [5, 5.41) is 3.44. The third-order valence-corrected chi connectivity index (χ3v) is 5.11. The van der Waals surface area contributed by atoms with Gasteiger partial charge in [0.1, 0.15) is 11.5 Å². The monoisotopic (exact) mass is 235 g/mol. The summed E-state index contributed by atoms with van der Waals surface area (Å²) < 4.78 is 5.91. The highest BCUT2D eigenvalue weighted by atomic mass is 16.3. The molecule has 17 heavy (non-hydrogen) atoms. The van der Waals surface area contributed by atoms with E-state index in [0.717, 1.165) is 17.9 Å². The summed E-state index contributed by atoms with van der Waals surface area (Å²) in [7, 11) is 2.03. The van der Waals surface area contributed by atoms with Crippen molar-refractivity contribution in [3.05, 3.63) is 23.7 Å². The Kier molecular flexibility index (Phi) is 2.89. The lowest BCUT2D eigenvalue weighted by molar-refractivity contribution is 0.348. The average molecular weight is 235 g/mol. The van der Waals surface area contributed by atoms with Gasteiger partial charge in [-0.3, -0.25) is 0 Å². The number of rotatable bonds is 4. The fourth-order valence-electron chi connectivity index (χ4n) is 3.31. The SMILES string of the molecule is CCc1ccc(C(NC)C2C(C)(C)C2(C)C)o1. The van der Waals surface area contributed by atoms with E-state index in [4.69, 9.17) is 4.42 Å². The van der Waals surface area contributed by atoms with E-state index >= 15 is 0 Å². The summed E-state index contributed by atoms with van der Waals surface area (Å²) in [5.74, 6) is 2.81. The maximum Gasteiger partial charge on any atom is 0.121 e. The minimum atomic E-state index is 0.334. The molecule has 1 aromatic heterocycles. The number of nitrogens with one attached hydrogen (secondary N) is 1. The smallest absolute Gasteiger partial charge is 0.121 e. The predicted octanol–water partition coefficient (Wildman–Crippen LogP) is 3.78. The van der Waals surface area contributed by atoms with Gasteiger partial charge in [0.05, 0.1) is 6.04 Å². The molecule has 1 heterocycles. The molecule has 0 aliphatic heterocycles. The molecule has 0 aromatic carbocycles. The molecule has 2 nitrogen and oxygen atoms in total. The molecule has 2 heteroatoms. The van der Waals surface area contributed by atoms with Crippen molar-refractivity contribution in [1.29, 1.82) is 0 Å². The van der Waals surface area contributed by atoms with Crippen LogP contribution in [0.25, 0.3) is 0 Å². The van der Waals surface area contributed by atoms with E-state index in [1.54, 1.807) is 0 Å². The lowest BCUT2D eigenvalue weighted by Crippen LogP contribution is -2.20. The van der Waals surface area contributed by atoms with E-state index in [9.17, 15) is 0 Å². The van der Waals surface area contributed by atoms with Crippen LogP contribution in [0, 0.1) is 16.7 Å². The molecule has 1 aromatic rings. The number of hydrogen-bond donors (Lipinski definition) is 1. The van der Waals surface area contributed by atoms with Crippen LogP contribution in [0.4, 0.5) is 0 Å². The first-order valence-electron chi connectivity index (χ1n) is 6.62. The van der Waals surface area contributed by atoms with Crippen LogP contribution in [-0.4, -0.2) is 7.05 Å². The molecule has 1 saturated carbocycles. The predicted molar refractivity (Wildman–Crippen MR) is 70.9 cm³/mol. The summed E-state index contributed by atoms with van der Waals surface area (Å²) in [6, 6.07) is 4.56. The summed E-state index contributed by atoms with van der Waals surface area (Å²) >= 11 is 0. The van der Waals surface area contributed by atoms with E-state index in [1.165, 1.54) is 0 Å². The minimum absolute atomic E-state index is 0.334. The molecule has 2 rings (SSSR count). The third kappa shape index (κ3) is 1.74. The van der Waals surface area contributed by atoms with Gasteiger partial charge in [-0.05, 0) is 35.9 Å². The van der Waals surface area contributed by atoms with Crippen molar-refractivity contribution in [2.75, 3.05) is 7.05 Å². The quantitative estimate of drug-likeness (QED) is 0.859. The molecule has 1 N–H and O–H groups in total. The standard InChI is InChI=1S/C15H25NO/c1-7-10-8-9-11(17-10)12(16-6)13-14(2,3)15(13,4)5/h8-9,12-13,16H,7H2,1-6H3. The minimum Gasteiger partial charge on any atom is -0.464 e. The highest BCUT2D eigenvalue weighted by molar-refractivity contribution is 5.22. The molecular weight excluding hydrogens is 210 g/mol. The van der Waals surface area contributed by atoms with Gasteiger partial charge in [0, 0.05) is 6.42 Å². The van der Waals surface area contributed by atoms with Crippen LogP contribution < -0.4 is 5.32 Å². The van der Waals surface area contributed by atoms with E-state index in [1.807, 2.05) is 7.05 Å². The van der Waals surface area contributed by atoms with Crippen molar-refractivity contribution in [2.24, 2.45) is 16.7 Å². The van der Waals surface area contributed by atoms with Gasteiger partial charge in [0.2, 0.25) is 0 Å². The van der Waals surface area contributed by atoms with Crippen molar-refractivity contribution in [3.63, 3.8) is 0 Å². The van der Waals surface area contributed by atoms with Gasteiger partial charge >= 0.3 is 0 Å². The summed E-state index contributed by atoms with van der Waals surface area (Å²) in [6.07, 6.45) is 0.966. The Labute approximate surface area is 105 Å². The van der Waals surface area contributed by atoms with Crippen LogP contribution in [0.3, 0.4) is 0 Å². The molecule has 0 saturated heterocycles. The molecule has 1 atom stereocenters. The van der Waals surface area contributed by atoms with Crippen LogP contribution in [0.2, 0.25) is 0 Å². The molecular formula is C15H25NO. The van der Waals surface area contributed by atoms with Crippen molar-refractivity contribution in [3.8, 4) is 0 Å². The topological polar surface area (TPSA) is 25.2 Å². The molecule has 1 aliphatic rings. The molecule has 1 fully saturated rings. The summed E-state index contributed by atoms with van der Waals surface area (Å²) in [5.41, 5.74) is 0.750. The van der Waals surface area contributed by atoms with Crippen LogP contribution in [0.15, 0.2) is 16.5 Å². The van der Waals surface area contributed by atoms with Crippen LogP contribution in [0.1, 0.15) is 52.2 Å². The van der Waals surface area contributed by atoms with Gasteiger partial charge in [-0.15, -0.1) is 0 Å². The Hall–Kier alpha value is -0.760. The van der Waals surface area contributed by atoms with Gasteiger partial charge < -0.3 is 9.73 Å². The Bertz CT molecular complexity index is 389. The van der Waals surface area contributed by atoms with Gasteiger partial charge in [-0.2, -0.15) is 0 Å². The van der Waals surface area contributed by atoms with E-state index in [-0.39, 0.29) is 0 Å². The number of hydrogen-bond acceptors (Lipinski definition) is 2. The van der Waals surface area contributed by atoms with E-state index in [0.29, 0.717) is 22.8 Å². The van der Waals surface area contributed by atoms with Crippen molar-refractivity contribution in [2.45, 2.75) is 47.1 Å². The van der Waals surface area contributed by atoms with Gasteiger partial charge in [-0.25, -0.2) is 0 Å². The Morgan fingerprint density at radius 1 is 1.24 bits per heavy atom. The average Bonchev–Trinajstić information content (AvgIpc) is 2.66. The van der Waals surface area contributed by atoms with Crippen LogP contribution >= 0.6 is 0 Å². The van der Waals surface area contributed by atoms with Gasteiger partial charge in [0.15, 0.2) is 0 Å². The van der Waals surface area contributed by atoms with Gasteiger partial charge in [-0.1, -0.05) is 34.6 Å². The first-order chi connectivity index (χ1) is 7.86. The molecule has 0 bridgehead atoms. The first-order valence-corrected chi connectivity index (χ1v) is 6.62. The van der Waals surface area contributed by atoms with Crippen molar-refractivity contribution in [1.82, 2.24) is 5.32 Å². The largest absolute Gasteiger partial charge is 0.464 e. The highest BCUT2D eigenvalue weighted by Gasteiger charge is 2.67. The van der Waals surface area contributed by atoms with Crippen molar-refractivity contribution < 1.29 is 4.42 Å². The molecule has 0 amide bonds. The normalized spacial score (nSPS) is 23.6. The fraction of sp³-hybridized carbons (Fsp3) is 0.733. The summed E-state index contributed by atoms with van der Waals surface area (Å²) in [6.45, 7) is 11.5. The zero-order chi connectivity index (χ0) is 12.8. The Balaban J connectivity index is 2.24. The third-order valence-electron chi connectivity index (χ3n) is 5.11. The zero-order valence-electron chi connectivity index (χ0n) is 11.9. The van der Waals surface area contributed by atoms with E-state index in [2.05, 4.69) is 52.1 Å². The number of furan rings is 1. The molecule has 96 valence electrons. The van der Waals surface area contributed by atoms with Gasteiger partial charge in [0.25, 0.3) is 0 Å². The summed E-state index contributed by atoms with van der Waals surface area (Å²) in [4.78, 5) is 0. The van der Waals surface area contributed by atoms with Crippen LogP contribution in [-0.2, 0) is 6.42 Å². The molecule has 0 spiro atoms. The maximum atomic E-state index is 5.91. The Morgan fingerprint density at radius 3 is 2.18 bits per heavy atom. The lowest BCUT2D eigenvalue weighted by atomic mass is 10.0. The lowest BCUT2D eigenvalue weighted by Gasteiger charge is -2.16. The second-order valence-electron chi connectivity index (χ2n) is 6.35. The number of aryl methyl sites for hydroxylation is 1. The molecule has 0 radical (unpaired) electrons.